The largest absolute Gasteiger partial charge is 0.352 e. The number of aromatic nitrogens is 2. The lowest BCUT2D eigenvalue weighted by molar-refractivity contribution is 0.464. The summed E-state index contributed by atoms with van der Waals surface area (Å²) in [6.07, 6.45) is 1.84. The summed E-state index contributed by atoms with van der Waals surface area (Å²) in [4.78, 5) is 14.2. The maximum absolute atomic E-state index is 11.7. The fourth-order valence-electron chi connectivity index (χ4n) is 3.12. The van der Waals surface area contributed by atoms with Crippen LogP contribution in [0.15, 0.2) is 65.8 Å². The highest BCUT2D eigenvalue weighted by molar-refractivity contribution is 14.0. The monoisotopic (exact) mass is 568 g/mol. The van der Waals surface area contributed by atoms with Gasteiger partial charge in [0, 0.05) is 20.6 Å². The van der Waals surface area contributed by atoms with E-state index in [2.05, 4.69) is 25.0 Å². The normalized spacial score (nSPS) is 11.7. The fraction of sp³-hybridized carbons (Fsp3) is 0.273. The van der Waals surface area contributed by atoms with Crippen molar-refractivity contribution >= 4 is 40.0 Å². The number of imidazole rings is 1. The van der Waals surface area contributed by atoms with Gasteiger partial charge in [0.25, 0.3) is 0 Å². The lowest BCUT2D eigenvalue weighted by atomic mass is 10.1. The van der Waals surface area contributed by atoms with Crippen LogP contribution in [0.1, 0.15) is 17.0 Å². The lowest BCUT2D eigenvalue weighted by Crippen LogP contribution is -2.38. The summed E-state index contributed by atoms with van der Waals surface area (Å²) in [5, 5.41) is 3.33. The molecule has 2 aromatic carbocycles. The number of hydrogen-bond donors (Lipinski definition) is 3. The maximum atomic E-state index is 11.7. The molecule has 0 aliphatic rings. The van der Waals surface area contributed by atoms with Gasteiger partial charge in [0.1, 0.15) is 5.82 Å². The Hall–Kier alpha value is -2.44. The van der Waals surface area contributed by atoms with Gasteiger partial charge in [-0.1, -0.05) is 54.6 Å². The summed E-state index contributed by atoms with van der Waals surface area (Å²) >= 11 is 0. The zero-order valence-corrected chi connectivity index (χ0v) is 21.5. The second kappa shape index (κ2) is 12.0. The molecule has 10 heteroatoms. The molecule has 3 aromatic rings. The van der Waals surface area contributed by atoms with E-state index in [0.717, 1.165) is 34.2 Å². The van der Waals surface area contributed by atoms with E-state index >= 15 is 0 Å². The average molecular weight is 568 g/mol. The zero-order valence-electron chi connectivity index (χ0n) is 18.4. The molecule has 0 bridgehead atoms. The first-order valence-electron chi connectivity index (χ1n) is 9.90. The van der Waals surface area contributed by atoms with Gasteiger partial charge in [-0.05, 0) is 23.7 Å². The first-order chi connectivity index (χ1) is 14.9. The Morgan fingerprint density at radius 1 is 1.09 bits per heavy atom. The molecule has 32 heavy (non-hydrogen) atoms. The van der Waals surface area contributed by atoms with Crippen molar-refractivity contribution in [2.45, 2.75) is 18.8 Å². The highest BCUT2D eigenvalue weighted by atomic mass is 127. The van der Waals surface area contributed by atoms with E-state index in [1.54, 1.807) is 7.05 Å². The third-order valence-corrected chi connectivity index (χ3v) is 6.15. The molecule has 172 valence electrons. The van der Waals surface area contributed by atoms with Crippen molar-refractivity contribution in [3.63, 3.8) is 0 Å². The van der Waals surface area contributed by atoms with E-state index in [0.29, 0.717) is 13.1 Å². The van der Waals surface area contributed by atoms with Crippen LogP contribution in [0.25, 0.3) is 11.3 Å². The van der Waals surface area contributed by atoms with E-state index in [1.807, 2.05) is 72.7 Å². The van der Waals surface area contributed by atoms with Crippen molar-refractivity contribution in [1.82, 2.24) is 24.9 Å². The number of aromatic amines is 1. The minimum absolute atomic E-state index is 0. The molecule has 0 saturated carbocycles. The summed E-state index contributed by atoms with van der Waals surface area (Å²) in [6.45, 7) is 1.15. The molecule has 0 saturated heterocycles. The van der Waals surface area contributed by atoms with E-state index in [-0.39, 0.29) is 29.7 Å². The van der Waals surface area contributed by atoms with Gasteiger partial charge in [-0.2, -0.15) is 0 Å². The summed E-state index contributed by atoms with van der Waals surface area (Å²) in [5.41, 5.74) is 3.85. The Bertz CT molecular complexity index is 1110. The number of nitrogens with one attached hydrogen (secondary N) is 3. The van der Waals surface area contributed by atoms with Crippen molar-refractivity contribution in [3.05, 3.63) is 77.7 Å². The Morgan fingerprint density at radius 3 is 2.38 bits per heavy atom. The Kier molecular flexibility index (Phi) is 9.66. The summed E-state index contributed by atoms with van der Waals surface area (Å²) in [7, 11) is 1.83. The molecule has 0 amide bonds. The number of H-pyrrole nitrogens is 1. The van der Waals surface area contributed by atoms with Crippen LogP contribution < -0.4 is 10.0 Å². The molecule has 3 rings (SSSR count). The second-order valence-corrected chi connectivity index (χ2v) is 9.07. The van der Waals surface area contributed by atoms with Crippen LogP contribution in [-0.4, -0.2) is 50.4 Å². The van der Waals surface area contributed by atoms with Crippen LogP contribution in [0, 0.1) is 0 Å². The highest BCUT2D eigenvalue weighted by Crippen LogP contribution is 2.16. The van der Waals surface area contributed by atoms with Gasteiger partial charge >= 0.3 is 0 Å². The molecule has 1 aromatic heterocycles. The quantitative estimate of drug-likeness (QED) is 0.220. The maximum Gasteiger partial charge on any atom is 0.215 e. The lowest BCUT2D eigenvalue weighted by Gasteiger charge is -2.21. The molecule has 0 fully saturated rings. The molecule has 0 atom stereocenters. The molecule has 0 radical (unpaired) electrons. The number of sulfonamides is 1. The smallest absolute Gasteiger partial charge is 0.215 e. The standard InChI is InChI=1S/C22H28N6O2S.HI/c1-23-22(26-13-17-9-11-18(12-10-17)16-31(29,30)24-2)28(3)15-21-25-14-20(27-21)19-7-5-4-6-8-19;/h4-12,14,24H,13,15-16H2,1-3H3,(H,23,26)(H,25,27);1H. The third-order valence-electron chi connectivity index (χ3n) is 4.81. The minimum atomic E-state index is -3.27. The molecule has 0 aliphatic carbocycles. The van der Waals surface area contributed by atoms with Gasteiger partial charge in [0.15, 0.2) is 5.96 Å². The van der Waals surface area contributed by atoms with Gasteiger partial charge in [0.05, 0.1) is 24.2 Å². The van der Waals surface area contributed by atoms with E-state index < -0.39 is 10.0 Å². The molecular formula is C22H29IN6O2S. The molecule has 8 nitrogen and oxygen atoms in total. The number of halogens is 1. The zero-order chi connectivity index (χ0) is 22.3. The van der Waals surface area contributed by atoms with E-state index in [1.165, 1.54) is 7.05 Å². The van der Waals surface area contributed by atoms with Crippen LogP contribution in [0.4, 0.5) is 0 Å². The third kappa shape index (κ3) is 7.31. The van der Waals surface area contributed by atoms with Crippen LogP contribution in [-0.2, 0) is 28.9 Å². The number of aliphatic imine (C=N–C) groups is 1. The topological polar surface area (TPSA) is 102 Å². The fourth-order valence-corrected chi connectivity index (χ4v) is 3.89. The first kappa shape index (κ1) is 25.8. The first-order valence-corrected chi connectivity index (χ1v) is 11.6. The van der Waals surface area contributed by atoms with Crippen molar-refractivity contribution in [2.75, 3.05) is 21.1 Å². The Balaban J connectivity index is 0.00000363. The summed E-state index contributed by atoms with van der Waals surface area (Å²) in [6, 6.07) is 17.6. The summed E-state index contributed by atoms with van der Waals surface area (Å²) < 4.78 is 25.7. The number of nitrogens with zero attached hydrogens (tertiary/aromatic N) is 3. The van der Waals surface area contributed by atoms with Gasteiger partial charge in [-0.25, -0.2) is 18.1 Å². The van der Waals surface area contributed by atoms with Crippen LogP contribution in [0.5, 0.6) is 0 Å². The molecular weight excluding hydrogens is 539 g/mol. The van der Waals surface area contributed by atoms with Crippen LogP contribution in [0.2, 0.25) is 0 Å². The number of hydrogen-bond acceptors (Lipinski definition) is 4. The minimum Gasteiger partial charge on any atom is -0.352 e. The summed E-state index contributed by atoms with van der Waals surface area (Å²) in [5.74, 6) is 1.55. The molecule has 0 spiro atoms. The van der Waals surface area contributed by atoms with E-state index in [4.69, 9.17) is 0 Å². The number of guanidine groups is 1. The van der Waals surface area contributed by atoms with Gasteiger partial charge < -0.3 is 15.2 Å². The second-order valence-electron chi connectivity index (χ2n) is 7.15. The highest BCUT2D eigenvalue weighted by Gasteiger charge is 2.11. The molecule has 3 N–H and O–H groups in total. The van der Waals surface area contributed by atoms with Crippen LogP contribution >= 0.6 is 24.0 Å². The Morgan fingerprint density at radius 2 is 1.75 bits per heavy atom. The molecule has 1 heterocycles. The van der Waals surface area contributed by atoms with Crippen molar-refractivity contribution in [3.8, 4) is 11.3 Å². The van der Waals surface area contributed by atoms with Gasteiger partial charge in [-0.3, -0.25) is 4.99 Å². The van der Waals surface area contributed by atoms with Crippen molar-refractivity contribution in [2.24, 2.45) is 4.99 Å². The van der Waals surface area contributed by atoms with Crippen molar-refractivity contribution in [1.29, 1.82) is 0 Å². The predicted octanol–water partition coefficient (Wildman–Crippen LogP) is 2.95. The van der Waals surface area contributed by atoms with Crippen molar-refractivity contribution < 1.29 is 8.42 Å². The average Bonchev–Trinajstić information content (AvgIpc) is 3.24. The molecule has 0 aliphatic heterocycles. The SMILES string of the molecule is CN=C(NCc1ccc(CS(=O)(=O)NC)cc1)N(C)Cc1ncc(-c2ccccc2)[nH]1.I. The predicted molar refractivity (Wildman–Crippen MR) is 139 cm³/mol. The number of rotatable bonds is 8. The van der Waals surface area contributed by atoms with Gasteiger partial charge in [0.2, 0.25) is 10.0 Å². The van der Waals surface area contributed by atoms with Gasteiger partial charge in [-0.15, -0.1) is 24.0 Å². The van der Waals surface area contributed by atoms with Crippen LogP contribution in [0.3, 0.4) is 0 Å². The number of benzene rings is 2. The van der Waals surface area contributed by atoms with E-state index in [9.17, 15) is 8.42 Å². The molecule has 0 unspecified atom stereocenters. The Labute approximate surface area is 206 Å².